The first-order valence-corrected chi connectivity index (χ1v) is 6.51. The molecule has 0 bridgehead atoms. The molecule has 0 spiro atoms. The summed E-state index contributed by atoms with van der Waals surface area (Å²) in [7, 11) is 0. The van der Waals surface area contributed by atoms with E-state index >= 15 is 0 Å². The van der Waals surface area contributed by atoms with Crippen molar-refractivity contribution in [2.45, 2.75) is 12.8 Å². The minimum atomic E-state index is -0.321. The summed E-state index contributed by atoms with van der Waals surface area (Å²) in [5, 5.41) is 5.69. The second kappa shape index (κ2) is 5.28. The van der Waals surface area contributed by atoms with Crippen molar-refractivity contribution in [3.8, 4) is 0 Å². The zero-order chi connectivity index (χ0) is 13.9. The topological polar surface area (TPSA) is 54.0 Å². The highest BCUT2D eigenvalue weighted by Crippen LogP contribution is 2.30. The van der Waals surface area contributed by atoms with Gasteiger partial charge in [-0.2, -0.15) is 0 Å². The monoisotopic (exact) mass is 271 g/mol. The maximum atomic E-state index is 13.5. The number of anilines is 3. The Labute approximate surface area is 116 Å². The molecule has 0 saturated heterocycles. The first kappa shape index (κ1) is 12.6. The fourth-order valence-corrected chi connectivity index (χ4v) is 1.83. The first-order valence-electron chi connectivity index (χ1n) is 6.51. The SMILES string of the molecule is O=C(Nc1ccc(Nc2ccccc2F)cn1)C1CC1. The lowest BCUT2D eigenvalue weighted by Crippen LogP contribution is -2.14. The standard InChI is InChI=1S/C15H14FN3O/c16-12-3-1-2-4-13(12)18-11-7-8-14(17-9-11)19-15(20)10-5-6-10/h1-4,7-10,18H,5-6H2,(H,17,19,20). The number of hydrogen-bond donors (Lipinski definition) is 2. The summed E-state index contributed by atoms with van der Waals surface area (Å²) in [6.07, 6.45) is 3.48. The summed E-state index contributed by atoms with van der Waals surface area (Å²) in [5.41, 5.74) is 1.06. The van der Waals surface area contributed by atoms with E-state index in [1.54, 1.807) is 36.5 Å². The van der Waals surface area contributed by atoms with Gasteiger partial charge < -0.3 is 10.6 Å². The Balaban J connectivity index is 1.66. The third-order valence-corrected chi connectivity index (χ3v) is 3.12. The number of aromatic nitrogens is 1. The molecule has 1 aliphatic rings. The van der Waals surface area contributed by atoms with Gasteiger partial charge in [0.1, 0.15) is 11.6 Å². The van der Waals surface area contributed by atoms with E-state index in [2.05, 4.69) is 15.6 Å². The molecule has 1 heterocycles. The van der Waals surface area contributed by atoms with Crippen molar-refractivity contribution in [3.63, 3.8) is 0 Å². The van der Waals surface area contributed by atoms with Crippen LogP contribution in [0.15, 0.2) is 42.6 Å². The van der Waals surface area contributed by atoms with Crippen molar-refractivity contribution >= 4 is 23.1 Å². The maximum absolute atomic E-state index is 13.5. The molecule has 0 radical (unpaired) electrons. The van der Waals surface area contributed by atoms with Crippen LogP contribution in [-0.2, 0) is 4.79 Å². The molecular formula is C15H14FN3O. The molecule has 3 rings (SSSR count). The number of benzene rings is 1. The molecule has 20 heavy (non-hydrogen) atoms. The molecule has 1 aromatic carbocycles. The first-order chi connectivity index (χ1) is 9.72. The highest BCUT2D eigenvalue weighted by atomic mass is 19.1. The van der Waals surface area contributed by atoms with Crippen molar-refractivity contribution in [2.24, 2.45) is 5.92 Å². The van der Waals surface area contributed by atoms with Crippen LogP contribution < -0.4 is 10.6 Å². The number of carbonyl (C=O) groups excluding carboxylic acids is 1. The van der Waals surface area contributed by atoms with Gasteiger partial charge in [0.15, 0.2) is 0 Å². The Morgan fingerprint density at radius 2 is 2.00 bits per heavy atom. The van der Waals surface area contributed by atoms with Gasteiger partial charge in [-0.3, -0.25) is 4.79 Å². The molecular weight excluding hydrogens is 257 g/mol. The van der Waals surface area contributed by atoms with E-state index in [-0.39, 0.29) is 17.6 Å². The van der Waals surface area contributed by atoms with Crippen molar-refractivity contribution < 1.29 is 9.18 Å². The number of para-hydroxylation sites is 1. The minimum absolute atomic E-state index is 0.0207. The van der Waals surface area contributed by atoms with Crippen molar-refractivity contribution in [1.29, 1.82) is 0 Å². The van der Waals surface area contributed by atoms with Crippen LogP contribution in [0.3, 0.4) is 0 Å². The fourth-order valence-electron chi connectivity index (χ4n) is 1.83. The number of pyridine rings is 1. The third kappa shape index (κ3) is 2.93. The summed E-state index contributed by atoms with van der Waals surface area (Å²) >= 11 is 0. The fraction of sp³-hybridized carbons (Fsp3) is 0.200. The number of rotatable bonds is 4. The molecule has 0 aliphatic heterocycles. The number of hydrogen-bond acceptors (Lipinski definition) is 3. The molecule has 1 fully saturated rings. The predicted octanol–water partition coefficient (Wildman–Crippen LogP) is 3.31. The number of halogens is 1. The van der Waals surface area contributed by atoms with E-state index in [4.69, 9.17) is 0 Å². The minimum Gasteiger partial charge on any atom is -0.352 e. The van der Waals surface area contributed by atoms with Crippen LogP contribution in [0.5, 0.6) is 0 Å². The molecule has 1 aromatic heterocycles. The van der Waals surface area contributed by atoms with E-state index < -0.39 is 0 Å². The van der Waals surface area contributed by atoms with Crippen LogP contribution in [-0.4, -0.2) is 10.9 Å². The van der Waals surface area contributed by atoms with Crippen LogP contribution in [0.2, 0.25) is 0 Å². The smallest absolute Gasteiger partial charge is 0.228 e. The Kier molecular flexibility index (Phi) is 3.33. The van der Waals surface area contributed by atoms with Crippen LogP contribution >= 0.6 is 0 Å². The van der Waals surface area contributed by atoms with Crippen molar-refractivity contribution in [1.82, 2.24) is 4.98 Å². The van der Waals surface area contributed by atoms with E-state index in [0.717, 1.165) is 12.8 Å². The second-order valence-electron chi connectivity index (χ2n) is 4.80. The van der Waals surface area contributed by atoms with Crippen molar-refractivity contribution in [2.75, 3.05) is 10.6 Å². The molecule has 1 saturated carbocycles. The normalized spacial score (nSPS) is 13.8. The van der Waals surface area contributed by atoms with Gasteiger partial charge >= 0.3 is 0 Å². The Bertz CT molecular complexity index is 623. The highest BCUT2D eigenvalue weighted by Gasteiger charge is 2.29. The Morgan fingerprint density at radius 3 is 2.65 bits per heavy atom. The lowest BCUT2D eigenvalue weighted by Gasteiger charge is -2.08. The third-order valence-electron chi connectivity index (χ3n) is 3.12. The number of amides is 1. The van der Waals surface area contributed by atoms with Crippen LogP contribution in [0.1, 0.15) is 12.8 Å². The van der Waals surface area contributed by atoms with Gasteiger partial charge in [0.25, 0.3) is 0 Å². The van der Waals surface area contributed by atoms with Crippen LogP contribution in [0.4, 0.5) is 21.6 Å². The molecule has 5 heteroatoms. The summed E-state index contributed by atoms with van der Waals surface area (Å²) in [4.78, 5) is 15.7. The molecule has 4 nitrogen and oxygen atoms in total. The predicted molar refractivity (Wildman–Crippen MR) is 75.3 cm³/mol. The summed E-state index contributed by atoms with van der Waals surface area (Å²) < 4.78 is 13.5. The van der Waals surface area contributed by atoms with Gasteiger partial charge in [0.05, 0.1) is 17.6 Å². The molecule has 2 aromatic rings. The van der Waals surface area contributed by atoms with Crippen LogP contribution in [0.25, 0.3) is 0 Å². The summed E-state index contributed by atoms with van der Waals surface area (Å²) in [5.74, 6) is 0.361. The van der Waals surface area contributed by atoms with Gasteiger partial charge in [-0.25, -0.2) is 9.37 Å². The Morgan fingerprint density at radius 1 is 1.20 bits per heavy atom. The lowest BCUT2D eigenvalue weighted by atomic mass is 10.3. The molecule has 1 aliphatic carbocycles. The number of carbonyl (C=O) groups is 1. The van der Waals surface area contributed by atoms with Crippen LogP contribution in [0, 0.1) is 11.7 Å². The van der Waals surface area contributed by atoms with Crippen molar-refractivity contribution in [3.05, 3.63) is 48.4 Å². The zero-order valence-corrected chi connectivity index (χ0v) is 10.8. The number of nitrogens with one attached hydrogen (secondary N) is 2. The van der Waals surface area contributed by atoms with Gasteiger partial charge in [-0.15, -0.1) is 0 Å². The molecule has 0 atom stereocenters. The van der Waals surface area contributed by atoms with E-state index in [9.17, 15) is 9.18 Å². The largest absolute Gasteiger partial charge is 0.352 e. The average Bonchev–Trinajstić information content (AvgIpc) is 3.28. The molecule has 102 valence electrons. The highest BCUT2D eigenvalue weighted by molar-refractivity contribution is 5.93. The Hall–Kier alpha value is -2.43. The van der Waals surface area contributed by atoms with Gasteiger partial charge in [0, 0.05) is 5.92 Å². The molecule has 2 N–H and O–H groups in total. The summed E-state index contributed by atoms with van der Waals surface area (Å²) in [6.45, 7) is 0. The average molecular weight is 271 g/mol. The second-order valence-corrected chi connectivity index (χ2v) is 4.80. The van der Waals surface area contributed by atoms with Gasteiger partial charge in [-0.05, 0) is 37.1 Å². The van der Waals surface area contributed by atoms with E-state index in [1.165, 1.54) is 6.07 Å². The zero-order valence-electron chi connectivity index (χ0n) is 10.8. The van der Waals surface area contributed by atoms with Gasteiger partial charge in [0.2, 0.25) is 5.91 Å². The molecule has 1 amide bonds. The van der Waals surface area contributed by atoms with E-state index in [1.807, 2.05) is 0 Å². The number of nitrogens with zero attached hydrogens (tertiary/aromatic N) is 1. The molecule has 0 unspecified atom stereocenters. The summed E-state index contributed by atoms with van der Waals surface area (Å²) in [6, 6.07) is 9.88. The van der Waals surface area contributed by atoms with Gasteiger partial charge in [-0.1, -0.05) is 12.1 Å². The maximum Gasteiger partial charge on any atom is 0.228 e. The quantitative estimate of drug-likeness (QED) is 0.897. The lowest BCUT2D eigenvalue weighted by molar-refractivity contribution is -0.117. The van der Waals surface area contributed by atoms with E-state index in [0.29, 0.717) is 17.2 Å².